The minimum atomic E-state index is -4.56. The number of benzene rings is 2. The van der Waals surface area contributed by atoms with Crippen molar-refractivity contribution < 1.29 is 45.5 Å². The highest BCUT2D eigenvalue weighted by molar-refractivity contribution is 5.97. The fourth-order valence-corrected chi connectivity index (χ4v) is 4.42. The summed E-state index contributed by atoms with van der Waals surface area (Å²) in [5, 5.41) is 6.79. The Morgan fingerprint density at radius 3 is 2.00 bits per heavy atom. The zero-order chi connectivity index (χ0) is 32.4. The van der Waals surface area contributed by atoms with Gasteiger partial charge in [0, 0.05) is 18.2 Å². The van der Waals surface area contributed by atoms with Gasteiger partial charge in [0.25, 0.3) is 0 Å². The van der Waals surface area contributed by atoms with Crippen molar-refractivity contribution in [2.24, 2.45) is 0 Å². The first-order valence-corrected chi connectivity index (χ1v) is 13.3. The Balaban J connectivity index is 1.49. The number of amides is 2. The van der Waals surface area contributed by atoms with E-state index in [1.165, 1.54) is 39.9 Å². The van der Waals surface area contributed by atoms with Crippen LogP contribution in [0.15, 0.2) is 54.6 Å². The molecule has 2 amide bonds. The van der Waals surface area contributed by atoms with Gasteiger partial charge in [-0.2, -0.15) is 31.4 Å². The molecule has 0 atom stereocenters. The van der Waals surface area contributed by atoms with Crippen molar-refractivity contribution in [1.29, 1.82) is 0 Å². The van der Waals surface area contributed by atoms with Gasteiger partial charge >= 0.3 is 18.3 Å². The number of carbonyl (C=O) groups is 3. The summed E-state index contributed by atoms with van der Waals surface area (Å²) in [5.74, 6) is -1.91. The minimum absolute atomic E-state index is 0.0533. The number of nitrogens with zero attached hydrogens (tertiary/aromatic N) is 3. The van der Waals surface area contributed by atoms with Gasteiger partial charge in [-0.15, -0.1) is 0 Å². The van der Waals surface area contributed by atoms with Gasteiger partial charge in [0.15, 0.2) is 5.69 Å². The number of alkyl halides is 6. The summed E-state index contributed by atoms with van der Waals surface area (Å²) in [5.41, 5.74) is -1.43. The third-order valence-electron chi connectivity index (χ3n) is 6.50. The van der Waals surface area contributed by atoms with Crippen LogP contribution in [0.25, 0.3) is 17.2 Å². The van der Waals surface area contributed by atoms with E-state index in [0.717, 1.165) is 30.3 Å². The lowest BCUT2D eigenvalue weighted by atomic mass is 10.00. The Kier molecular flexibility index (Phi) is 8.93. The van der Waals surface area contributed by atoms with E-state index in [4.69, 9.17) is 4.74 Å². The van der Waals surface area contributed by atoms with E-state index in [-0.39, 0.29) is 36.5 Å². The number of hydrogen-bond donors (Lipinski definition) is 1. The lowest BCUT2D eigenvalue weighted by Gasteiger charge is -2.28. The number of esters is 1. The second-order valence-electron chi connectivity index (χ2n) is 11.0. The number of rotatable bonds is 6. The van der Waals surface area contributed by atoms with Crippen LogP contribution >= 0.6 is 0 Å². The quantitative estimate of drug-likeness (QED) is 0.216. The molecule has 1 N–H and O–H groups in total. The minimum Gasteiger partial charge on any atom is -0.455 e. The summed E-state index contributed by atoms with van der Waals surface area (Å²) in [4.78, 5) is 39.7. The molecular formula is C30H28F6N4O4. The molecule has 1 aromatic heterocycles. The first kappa shape index (κ1) is 32.3. The molecule has 8 nitrogen and oxygen atoms in total. The van der Waals surface area contributed by atoms with Crippen molar-refractivity contribution >= 4 is 23.9 Å². The number of fused-ring (bicyclic) bond motifs is 1. The fraction of sp³-hybridized carbons (Fsp3) is 0.333. The average Bonchev–Trinajstić information content (AvgIpc) is 3.32. The lowest BCUT2D eigenvalue weighted by molar-refractivity contribution is -0.138. The molecule has 44 heavy (non-hydrogen) atoms. The van der Waals surface area contributed by atoms with Gasteiger partial charge in [-0.25, -0.2) is 4.79 Å². The number of nitrogens with one attached hydrogen (secondary N) is 1. The van der Waals surface area contributed by atoms with E-state index < -0.39 is 53.4 Å². The highest BCUT2D eigenvalue weighted by Gasteiger charge is 2.34. The van der Waals surface area contributed by atoms with Gasteiger partial charge in [-0.1, -0.05) is 24.3 Å². The number of ether oxygens (including phenoxy) is 1. The van der Waals surface area contributed by atoms with Crippen molar-refractivity contribution in [2.45, 2.75) is 51.8 Å². The lowest BCUT2D eigenvalue weighted by Crippen LogP contribution is -2.43. The molecule has 0 aliphatic carbocycles. The summed E-state index contributed by atoms with van der Waals surface area (Å²) in [6.07, 6.45) is -6.67. The van der Waals surface area contributed by atoms with Crippen LogP contribution in [0.1, 0.15) is 53.6 Å². The Morgan fingerprint density at radius 1 is 0.886 bits per heavy atom. The van der Waals surface area contributed by atoms with Crippen LogP contribution in [-0.4, -0.2) is 51.2 Å². The summed E-state index contributed by atoms with van der Waals surface area (Å²) in [7, 11) is 0. The normalized spacial score (nSPS) is 14.0. The van der Waals surface area contributed by atoms with E-state index in [0.29, 0.717) is 11.3 Å². The van der Waals surface area contributed by atoms with Gasteiger partial charge in [0.2, 0.25) is 11.8 Å². The van der Waals surface area contributed by atoms with Gasteiger partial charge in [-0.05, 0) is 62.2 Å². The molecule has 14 heteroatoms. The molecule has 1 aliphatic rings. The van der Waals surface area contributed by atoms with Crippen molar-refractivity contribution in [3.8, 4) is 11.1 Å². The van der Waals surface area contributed by atoms with Gasteiger partial charge < -0.3 is 15.0 Å². The maximum absolute atomic E-state index is 13.2. The molecule has 1 aliphatic heterocycles. The van der Waals surface area contributed by atoms with E-state index >= 15 is 0 Å². The van der Waals surface area contributed by atoms with Crippen LogP contribution in [-0.2, 0) is 39.8 Å². The van der Waals surface area contributed by atoms with Crippen molar-refractivity contribution in [3.05, 3.63) is 82.7 Å². The average molecular weight is 623 g/mol. The highest BCUT2D eigenvalue weighted by Crippen LogP contribution is 2.35. The van der Waals surface area contributed by atoms with Gasteiger partial charge in [0.1, 0.15) is 5.60 Å². The number of hydrogen-bond acceptors (Lipinski definition) is 5. The molecule has 0 radical (unpaired) electrons. The zero-order valence-corrected chi connectivity index (χ0v) is 23.8. The molecule has 0 saturated carbocycles. The van der Waals surface area contributed by atoms with E-state index in [9.17, 15) is 40.7 Å². The smallest absolute Gasteiger partial charge is 0.416 e. The number of aromatic nitrogens is 2. The van der Waals surface area contributed by atoms with Crippen molar-refractivity contribution in [2.75, 3.05) is 13.1 Å². The summed E-state index contributed by atoms with van der Waals surface area (Å²) < 4.78 is 84.7. The predicted molar refractivity (Wildman–Crippen MR) is 147 cm³/mol. The first-order valence-electron chi connectivity index (χ1n) is 13.3. The van der Waals surface area contributed by atoms with Gasteiger partial charge in [0.05, 0.1) is 36.5 Å². The van der Waals surface area contributed by atoms with E-state index in [1.54, 1.807) is 20.8 Å². The van der Waals surface area contributed by atoms with Crippen LogP contribution in [0.4, 0.5) is 26.3 Å². The Hall–Kier alpha value is -4.62. The molecule has 0 unspecified atom stereocenters. The molecule has 0 spiro atoms. The topological polar surface area (TPSA) is 93.5 Å². The molecule has 4 rings (SSSR count). The molecule has 234 valence electrons. The molecule has 0 bridgehead atoms. The number of halogens is 6. The molecule has 0 fully saturated rings. The molecule has 3 aromatic rings. The molecule has 2 aromatic carbocycles. The molecular weight excluding hydrogens is 594 g/mol. The second kappa shape index (κ2) is 12.2. The third-order valence-corrected chi connectivity index (χ3v) is 6.50. The summed E-state index contributed by atoms with van der Waals surface area (Å²) in [6, 6.07) is 8.39. The largest absolute Gasteiger partial charge is 0.455 e. The predicted octanol–water partition coefficient (Wildman–Crippen LogP) is 5.71. The van der Waals surface area contributed by atoms with Crippen LogP contribution in [0, 0.1) is 0 Å². The zero-order valence-electron chi connectivity index (χ0n) is 23.8. The van der Waals surface area contributed by atoms with Gasteiger partial charge in [-0.3, -0.25) is 14.3 Å². The van der Waals surface area contributed by atoms with E-state index in [2.05, 4.69) is 10.4 Å². The van der Waals surface area contributed by atoms with Crippen LogP contribution in [0.2, 0.25) is 0 Å². The number of carbonyl (C=O) groups excluding carboxylic acids is 3. The Labute approximate surface area is 248 Å². The maximum Gasteiger partial charge on any atom is 0.416 e. The second-order valence-corrected chi connectivity index (χ2v) is 11.0. The molecule has 0 saturated heterocycles. The first-order chi connectivity index (χ1) is 20.4. The molecule has 2 heterocycles. The van der Waals surface area contributed by atoms with Crippen LogP contribution in [0.3, 0.4) is 0 Å². The monoisotopic (exact) mass is 622 g/mol. The fourth-order valence-electron chi connectivity index (χ4n) is 4.42. The van der Waals surface area contributed by atoms with Crippen molar-refractivity contribution in [1.82, 2.24) is 20.0 Å². The van der Waals surface area contributed by atoms with E-state index in [1.807, 2.05) is 0 Å². The Morgan fingerprint density at radius 2 is 1.45 bits per heavy atom. The van der Waals surface area contributed by atoms with Crippen LogP contribution in [0.5, 0.6) is 0 Å². The summed E-state index contributed by atoms with van der Waals surface area (Å²) in [6.45, 7) is 4.86. The standard InChI is InChI=1S/C30H28F6N4O4/c1-28(2,3)44-27(43)26-25(19-7-11-21(12-8-19)30(34,35)36)22-17-39(14-15-40(22)38-26)24(42)16-37-23(41)13-6-18-4-9-20(10-5-18)29(31,32)33/h4-13H,14-17H2,1-3H3,(H,37,41)/b13-6+. The summed E-state index contributed by atoms with van der Waals surface area (Å²) >= 11 is 0. The third kappa shape index (κ3) is 7.85. The highest BCUT2D eigenvalue weighted by atomic mass is 19.4. The Bertz CT molecular complexity index is 1570. The maximum atomic E-state index is 13.2. The SMILES string of the molecule is CC(C)(C)OC(=O)c1nn2c(c1-c1ccc(C(F)(F)F)cc1)CN(C(=O)CNC(=O)/C=C/c1ccc(C(F)(F)F)cc1)CC2. The van der Waals surface area contributed by atoms with Crippen LogP contribution < -0.4 is 5.32 Å². The van der Waals surface area contributed by atoms with Crippen molar-refractivity contribution in [3.63, 3.8) is 0 Å².